The van der Waals surface area contributed by atoms with Crippen molar-refractivity contribution in [1.29, 1.82) is 0 Å². The number of aliphatic carboxylic acids is 1. The lowest BCUT2D eigenvalue weighted by atomic mass is 9.95. The molecule has 2 atom stereocenters. The van der Waals surface area contributed by atoms with Crippen molar-refractivity contribution >= 4 is 5.97 Å². The second-order valence-corrected chi connectivity index (χ2v) is 4.03. The van der Waals surface area contributed by atoms with Gasteiger partial charge in [0.05, 0.1) is 12.5 Å². The molecule has 0 saturated heterocycles. The molecule has 0 bridgehead atoms. The van der Waals surface area contributed by atoms with Crippen LogP contribution in [-0.2, 0) is 4.79 Å². The third kappa shape index (κ3) is 6.47. The second kappa shape index (κ2) is 7.65. The summed E-state index contributed by atoms with van der Waals surface area (Å²) >= 11 is 0. The molecule has 4 nitrogen and oxygen atoms in total. The molecule has 0 aliphatic carbocycles. The first kappa shape index (κ1) is 14.4. The predicted octanol–water partition coefficient (Wildman–Crippen LogP) is 1.24. The molecule has 0 radical (unpaired) electrons. The van der Waals surface area contributed by atoms with Crippen LogP contribution in [0, 0.1) is 5.92 Å². The first-order valence-electron chi connectivity index (χ1n) is 5.64. The normalized spacial score (nSPS) is 15.3. The molecule has 0 aliphatic heterocycles. The van der Waals surface area contributed by atoms with Crippen LogP contribution in [0.2, 0.25) is 0 Å². The Labute approximate surface area is 91.7 Å². The van der Waals surface area contributed by atoms with Gasteiger partial charge in [-0.05, 0) is 12.8 Å². The topological polar surface area (TPSA) is 69.6 Å². The SMILES string of the molecule is CCC(CC)C(C)NCC(O)CC(=O)O. The van der Waals surface area contributed by atoms with E-state index in [-0.39, 0.29) is 6.42 Å². The van der Waals surface area contributed by atoms with Crippen molar-refractivity contribution in [3.8, 4) is 0 Å². The van der Waals surface area contributed by atoms with E-state index in [1.807, 2.05) is 0 Å². The average Bonchev–Trinajstić information content (AvgIpc) is 2.15. The van der Waals surface area contributed by atoms with Crippen LogP contribution in [0.25, 0.3) is 0 Å². The largest absolute Gasteiger partial charge is 0.481 e. The van der Waals surface area contributed by atoms with E-state index >= 15 is 0 Å². The summed E-state index contributed by atoms with van der Waals surface area (Å²) < 4.78 is 0. The van der Waals surface area contributed by atoms with Gasteiger partial charge in [0.2, 0.25) is 0 Å². The molecule has 15 heavy (non-hydrogen) atoms. The molecule has 4 heteroatoms. The molecule has 0 aromatic carbocycles. The van der Waals surface area contributed by atoms with Crippen LogP contribution in [0.1, 0.15) is 40.0 Å². The smallest absolute Gasteiger partial charge is 0.306 e. The van der Waals surface area contributed by atoms with Crippen molar-refractivity contribution in [1.82, 2.24) is 5.32 Å². The Kier molecular flexibility index (Phi) is 7.34. The number of carbonyl (C=O) groups is 1. The zero-order valence-electron chi connectivity index (χ0n) is 9.86. The second-order valence-electron chi connectivity index (χ2n) is 4.03. The van der Waals surface area contributed by atoms with Gasteiger partial charge in [-0.25, -0.2) is 0 Å². The van der Waals surface area contributed by atoms with E-state index in [0.29, 0.717) is 18.5 Å². The number of aliphatic hydroxyl groups excluding tert-OH is 1. The highest BCUT2D eigenvalue weighted by Crippen LogP contribution is 2.12. The first-order chi connectivity index (χ1) is 7.01. The quantitative estimate of drug-likeness (QED) is 0.572. The Balaban J connectivity index is 3.78. The van der Waals surface area contributed by atoms with Gasteiger partial charge in [0.15, 0.2) is 0 Å². The molecule has 3 N–H and O–H groups in total. The fraction of sp³-hybridized carbons (Fsp3) is 0.909. The van der Waals surface area contributed by atoms with Gasteiger partial charge in [-0.1, -0.05) is 26.7 Å². The van der Waals surface area contributed by atoms with Crippen molar-refractivity contribution in [3.05, 3.63) is 0 Å². The molecule has 0 heterocycles. The highest BCUT2D eigenvalue weighted by molar-refractivity contribution is 5.67. The lowest BCUT2D eigenvalue weighted by Gasteiger charge is -2.23. The maximum absolute atomic E-state index is 10.3. The summed E-state index contributed by atoms with van der Waals surface area (Å²) in [5.41, 5.74) is 0. The number of carboxylic acid groups (broad SMARTS) is 1. The van der Waals surface area contributed by atoms with E-state index in [1.54, 1.807) is 0 Å². The summed E-state index contributed by atoms with van der Waals surface area (Å²) in [5, 5.41) is 21.0. The van der Waals surface area contributed by atoms with E-state index < -0.39 is 12.1 Å². The number of aliphatic hydroxyl groups is 1. The number of carboxylic acids is 1. The van der Waals surface area contributed by atoms with Crippen molar-refractivity contribution in [3.63, 3.8) is 0 Å². The zero-order valence-corrected chi connectivity index (χ0v) is 9.86. The molecular formula is C11H23NO3. The third-order valence-corrected chi connectivity index (χ3v) is 2.84. The van der Waals surface area contributed by atoms with E-state index in [2.05, 4.69) is 26.1 Å². The van der Waals surface area contributed by atoms with E-state index in [9.17, 15) is 9.90 Å². The minimum Gasteiger partial charge on any atom is -0.481 e. The third-order valence-electron chi connectivity index (χ3n) is 2.84. The summed E-state index contributed by atoms with van der Waals surface area (Å²) in [7, 11) is 0. The summed E-state index contributed by atoms with van der Waals surface area (Å²) in [6.45, 7) is 6.70. The molecular weight excluding hydrogens is 194 g/mol. The van der Waals surface area contributed by atoms with Crippen LogP contribution in [0.4, 0.5) is 0 Å². The fourth-order valence-electron chi connectivity index (χ4n) is 1.76. The van der Waals surface area contributed by atoms with Gasteiger partial charge in [0.25, 0.3) is 0 Å². The van der Waals surface area contributed by atoms with Crippen LogP contribution in [0.15, 0.2) is 0 Å². The minimum atomic E-state index is -0.959. The molecule has 90 valence electrons. The molecule has 0 rings (SSSR count). The van der Waals surface area contributed by atoms with E-state index in [0.717, 1.165) is 12.8 Å². The standard InChI is InChI=1S/C11H23NO3/c1-4-9(5-2)8(3)12-7-10(13)6-11(14)15/h8-10,12-13H,4-7H2,1-3H3,(H,14,15). The Bertz CT molecular complexity index is 181. The highest BCUT2D eigenvalue weighted by atomic mass is 16.4. The Morgan fingerprint density at radius 1 is 1.33 bits per heavy atom. The van der Waals surface area contributed by atoms with Gasteiger partial charge in [0, 0.05) is 12.6 Å². The summed E-state index contributed by atoms with van der Waals surface area (Å²) in [6, 6.07) is 0.323. The van der Waals surface area contributed by atoms with Crippen LogP contribution < -0.4 is 5.32 Å². The van der Waals surface area contributed by atoms with Gasteiger partial charge < -0.3 is 15.5 Å². The van der Waals surface area contributed by atoms with Crippen molar-refractivity contribution < 1.29 is 15.0 Å². The number of rotatable bonds is 8. The molecule has 0 fully saturated rings. The molecule has 2 unspecified atom stereocenters. The Morgan fingerprint density at radius 2 is 1.87 bits per heavy atom. The van der Waals surface area contributed by atoms with Crippen molar-refractivity contribution in [2.45, 2.75) is 52.2 Å². The molecule has 0 aromatic rings. The average molecular weight is 217 g/mol. The van der Waals surface area contributed by atoms with E-state index in [1.165, 1.54) is 0 Å². The summed E-state index contributed by atoms with van der Waals surface area (Å²) in [6.07, 6.45) is 1.21. The minimum absolute atomic E-state index is 0.192. The maximum Gasteiger partial charge on any atom is 0.306 e. The lowest BCUT2D eigenvalue weighted by molar-refractivity contribution is -0.139. The summed E-state index contributed by atoms with van der Waals surface area (Å²) in [5.74, 6) is -0.374. The maximum atomic E-state index is 10.3. The monoisotopic (exact) mass is 217 g/mol. The Morgan fingerprint density at radius 3 is 2.27 bits per heavy atom. The Hall–Kier alpha value is -0.610. The molecule has 0 spiro atoms. The van der Waals surface area contributed by atoms with Crippen LogP contribution in [0.3, 0.4) is 0 Å². The number of nitrogens with one attached hydrogen (secondary N) is 1. The summed E-state index contributed by atoms with van der Waals surface area (Å²) in [4.78, 5) is 10.3. The molecule has 0 saturated carbocycles. The molecule has 0 amide bonds. The van der Waals surface area contributed by atoms with Crippen molar-refractivity contribution in [2.75, 3.05) is 6.54 Å². The first-order valence-corrected chi connectivity index (χ1v) is 5.64. The van der Waals surface area contributed by atoms with Gasteiger partial charge in [-0.15, -0.1) is 0 Å². The highest BCUT2D eigenvalue weighted by Gasteiger charge is 2.15. The van der Waals surface area contributed by atoms with E-state index in [4.69, 9.17) is 5.11 Å². The van der Waals surface area contributed by atoms with Gasteiger partial charge >= 0.3 is 5.97 Å². The molecule has 0 aromatic heterocycles. The van der Waals surface area contributed by atoms with Gasteiger partial charge in [-0.2, -0.15) is 0 Å². The van der Waals surface area contributed by atoms with Crippen molar-refractivity contribution in [2.24, 2.45) is 5.92 Å². The lowest BCUT2D eigenvalue weighted by Crippen LogP contribution is -2.38. The van der Waals surface area contributed by atoms with Crippen LogP contribution in [-0.4, -0.2) is 34.9 Å². The number of hydrogen-bond donors (Lipinski definition) is 3. The van der Waals surface area contributed by atoms with Crippen LogP contribution in [0.5, 0.6) is 0 Å². The van der Waals surface area contributed by atoms with Crippen LogP contribution >= 0.6 is 0 Å². The zero-order chi connectivity index (χ0) is 11.8. The number of hydrogen-bond acceptors (Lipinski definition) is 3. The van der Waals surface area contributed by atoms with Gasteiger partial charge in [-0.3, -0.25) is 4.79 Å². The fourth-order valence-corrected chi connectivity index (χ4v) is 1.76. The predicted molar refractivity (Wildman–Crippen MR) is 59.8 cm³/mol. The molecule has 0 aliphatic rings. The van der Waals surface area contributed by atoms with Gasteiger partial charge in [0.1, 0.15) is 0 Å².